The van der Waals surface area contributed by atoms with Gasteiger partial charge in [-0.25, -0.2) is 4.98 Å². The number of nitrogens with zero attached hydrogens (tertiary/aromatic N) is 3. The van der Waals surface area contributed by atoms with E-state index in [-0.39, 0.29) is 5.91 Å². The summed E-state index contributed by atoms with van der Waals surface area (Å²) in [5, 5.41) is 0.930. The Morgan fingerprint density at radius 2 is 2.22 bits per heavy atom. The highest BCUT2D eigenvalue weighted by atomic mass is 16.3. The number of unbranched alkanes of at least 4 members (excludes halogenated alkanes) is 1. The van der Waals surface area contributed by atoms with Crippen molar-refractivity contribution >= 4 is 16.9 Å². The van der Waals surface area contributed by atoms with Crippen molar-refractivity contribution in [3.8, 4) is 0 Å². The number of carbonyl (C=O) groups is 1. The number of fused-ring (bicyclic) bond motifs is 2. The molecule has 1 unspecified atom stereocenters. The molecule has 5 heteroatoms. The van der Waals surface area contributed by atoms with Crippen LogP contribution >= 0.6 is 0 Å². The molecule has 1 aliphatic rings. The van der Waals surface area contributed by atoms with Crippen LogP contribution in [0.25, 0.3) is 11.0 Å². The number of hydrogen-bond donors (Lipinski definition) is 0. The molecule has 0 bridgehead atoms. The Hall–Kier alpha value is -2.56. The van der Waals surface area contributed by atoms with E-state index in [4.69, 9.17) is 4.42 Å². The van der Waals surface area contributed by atoms with Crippen LogP contribution in [-0.4, -0.2) is 34.0 Å². The van der Waals surface area contributed by atoms with Crippen molar-refractivity contribution in [1.29, 1.82) is 0 Å². The van der Waals surface area contributed by atoms with E-state index in [0.29, 0.717) is 5.92 Å². The summed E-state index contributed by atoms with van der Waals surface area (Å²) in [7, 11) is 1.91. The molecule has 1 amide bonds. The fraction of sp³-hybridized carbons (Fsp3) is 0.455. The number of amides is 1. The molecule has 2 aromatic heterocycles. The van der Waals surface area contributed by atoms with Crippen LogP contribution in [0.3, 0.4) is 0 Å². The first kappa shape index (κ1) is 17.8. The lowest BCUT2D eigenvalue weighted by Crippen LogP contribution is -2.35. The molecule has 0 saturated carbocycles. The van der Waals surface area contributed by atoms with E-state index < -0.39 is 0 Å². The van der Waals surface area contributed by atoms with Gasteiger partial charge in [0.25, 0.3) is 5.91 Å². The second kappa shape index (κ2) is 7.59. The topological polar surface area (TPSA) is 51.3 Å². The fourth-order valence-electron chi connectivity index (χ4n) is 4.08. The van der Waals surface area contributed by atoms with E-state index in [1.54, 1.807) is 0 Å². The third-order valence-corrected chi connectivity index (χ3v) is 5.57. The smallest absolute Gasteiger partial charge is 0.257 e. The highest BCUT2D eigenvalue weighted by Crippen LogP contribution is 2.29. The van der Waals surface area contributed by atoms with Gasteiger partial charge in [-0.05, 0) is 24.8 Å². The van der Waals surface area contributed by atoms with Gasteiger partial charge in [0.05, 0.1) is 5.56 Å². The first-order valence-corrected chi connectivity index (χ1v) is 9.93. The second-order valence-corrected chi connectivity index (χ2v) is 7.58. The molecule has 0 aliphatic carbocycles. The van der Waals surface area contributed by atoms with Crippen LogP contribution in [0.1, 0.15) is 48.1 Å². The maximum Gasteiger partial charge on any atom is 0.257 e. The molecule has 1 aliphatic heterocycles. The lowest BCUT2D eigenvalue weighted by atomic mass is 9.96. The molecule has 1 aromatic carbocycles. The van der Waals surface area contributed by atoms with Gasteiger partial charge >= 0.3 is 0 Å². The largest absolute Gasteiger partial charge is 0.460 e. The van der Waals surface area contributed by atoms with E-state index in [2.05, 4.69) is 16.5 Å². The number of imidazole rings is 1. The zero-order valence-electron chi connectivity index (χ0n) is 16.1. The second-order valence-electron chi connectivity index (χ2n) is 7.58. The number of aryl methyl sites for hydroxylation is 2. The Balaban J connectivity index is 1.55. The van der Waals surface area contributed by atoms with Crippen LogP contribution in [0.5, 0.6) is 0 Å². The van der Waals surface area contributed by atoms with E-state index in [1.807, 2.05) is 48.6 Å². The molecule has 0 N–H and O–H groups in total. The lowest BCUT2D eigenvalue weighted by molar-refractivity contribution is 0.0763. The van der Waals surface area contributed by atoms with Gasteiger partial charge in [-0.1, -0.05) is 31.5 Å². The van der Waals surface area contributed by atoms with Crippen molar-refractivity contribution in [2.45, 2.75) is 45.6 Å². The SMILES string of the molecule is CCCCc1oc2ccccc2c1C(=O)N(C)CC1CCn2ccnc2C1. The number of rotatable bonds is 6. The number of hydrogen-bond acceptors (Lipinski definition) is 3. The minimum Gasteiger partial charge on any atom is -0.460 e. The quantitative estimate of drug-likeness (QED) is 0.654. The molecule has 4 rings (SSSR count). The predicted octanol–water partition coefficient (Wildman–Crippen LogP) is 4.31. The van der Waals surface area contributed by atoms with Gasteiger partial charge in [0.15, 0.2) is 0 Å². The Labute approximate surface area is 160 Å². The van der Waals surface area contributed by atoms with Gasteiger partial charge in [-0.15, -0.1) is 0 Å². The molecular formula is C22H27N3O2. The molecule has 0 fully saturated rings. The summed E-state index contributed by atoms with van der Waals surface area (Å²) in [5.74, 6) is 2.48. The number of aromatic nitrogens is 2. The van der Waals surface area contributed by atoms with Crippen LogP contribution in [0, 0.1) is 5.92 Å². The minimum absolute atomic E-state index is 0.0694. The van der Waals surface area contributed by atoms with Crippen molar-refractivity contribution in [2.24, 2.45) is 5.92 Å². The molecule has 0 spiro atoms. The first-order valence-electron chi connectivity index (χ1n) is 9.93. The maximum absolute atomic E-state index is 13.3. The van der Waals surface area contributed by atoms with Crippen molar-refractivity contribution in [3.05, 3.63) is 53.8 Å². The summed E-state index contributed by atoms with van der Waals surface area (Å²) < 4.78 is 8.25. The molecule has 27 heavy (non-hydrogen) atoms. The molecule has 3 aromatic rings. The molecule has 142 valence electrons. The van der Waals surface area contributed by atoms with Crippen LogP contribution in [0.2, 0.25) is 0 Å². The van der Waals surface area contributed by atoms with Crippen LogP contribution in [0.4, 0.5) is 0 Å². The highest BCUT2D eigenvalue weighted by molar-refractivity contribution is 6.07. The minimum atomic E-state index is 0.0694. The predicted molar refractivity (Wildman–Crippen MR) is 106 cm³/mol. The molecule has 3 heterocycles. The average molecular weight is 365 g/mol. The normalized spacial score (nSPS) is 16.4. The molecular weight excluding hydrogens is 338 g/mol. The van der Waals surface area contributed by atoms with Gasteiger partial charge in [0.1, 0.15) is 17.2 Å². The average Bonchev–Trinajstić information content (AvgIpc) is 3.29. The van der Waals surface area contributed by atoms with Gasteiger partial charge in [0.2, 0.25) is 0 Å². The van der Waals surface area contributed by atoms with E-state index in [0.717, 1.165) is 73.3 Å². The zero-order valence-corrected chi connectivity index (χ0v) is 16.1. The number of carbonyl (C=O) groups excluding carboxylic acids is 1. The van der Waals surface area contributed by atoms with Crippen molar-refractivity contribution in [3.63, 3.8) is 0 Å². The maximum atomic E-state index is 13.3. The van der Waals surface area contributed by atoms with Crippen LogP contribution in [0.15, 0.2) is 41.1 Å². The summed E-state index contributed by atoms with van der Waals surface area (Å²) in [6.45, 7) is 3.89. The van der Waals surface area contributed by atoms with Crippen LogP contribution in [-0.2, 0) is 19.4 Å². The van der Waals surface area contributed by atoms with E-state index in [1.165, 1.54) is 0 Å². The highest BCUT2D eigenvalue weighted by Gasteiger charge is 2.26. The summed E-state index contributed by atoms with van der Waals surface area (Å²) in [4.78, 5) is 19.6. The Morgan fingerprint density at radius 3 is 3.07 bits per heavy atom. The Bertz CT molecular complexity index is 940. The van der Waals surface area contributed by atoms with Crippen molar-refractivity contribution in [2.75, 3.05) is 13.6 Å². The van der Waals surface area contributed by atoms with E-state index in [9.17, 15) is 4.79 Å². The summed E-state index contributed by atoms with van der Waals surface area (Å²) in [6, 6.07) is 7.87. The van der Waals surface area contributed by atoms with Gasteiger partial charge < -0.3 is 13.9 Å². The molecule has 0 radical (unpaired) electrons. The molecule has 0 saturated heterocycles. The fourth-order valence-corrected chi connectivity index (χ4v) is 4.08. The number of para-hydroxylation sites is 1. The van der Waals surface area contributed by atoms with Crippen molar-refractivity contribution in [1.82, 2.24) is 14.5 Å². The third-order valence-electron chi connectivity index (χ3n) is 5.57. The Morgan fingerprint density at radius 1 is 1.37 bits per heavy atom. The van der Waals surface area contributed by atoms with Gasteiger partial charge in [-0.2, -0.15) is 0 Å². The van der Waals surface area contributed by atoms with E-state index >= 15 is 0 Å². The van der Waals surface area contributed by atoms with Gasteiger partial charge in [0, 0.05) is 50.8 Å². The summed E-state index contributed by atoms with van der Waals surface area (Å²) in [5.41, 5.74) is 1.55. The number of furan rings is 1. The molecule has 5 nitrogen and oxygen atoms in total. The lowest BCUT2D eigenvalue weighted by Gasteiger charge is -2.28. The Kier molecular flexibility index (Phi) is 5.01. The summed E-state index contributed by atoms with van der Waals surface area (Å²) >= 11 is 0. The first-order chi connectivity index (χ1) is 13.2. The monoisotopic (exact) mass is 365 g/mol. The zero-order chi connectivity index (χ0) is 18.8. The number of benzene rings is 1. The van der Waals surface area contributed by atoms with Crippen molar-refractivity contribution < 1.29 is 9.21 Å². The van der Waals surface area contributed by atoms with Crippen LogP contribution < -0.4 is 0 Å². The third kappa shape index (κ3) is 3.51. The molecule has 1 atom stereocenters. The summed E-state index contributed by atoms with van der Waals surface area (Å²) in [6.07, 6.45) is 8.82. The van der Waals surface area contributed by atoms with Gasteiger partial charge in [-0.3, -0.25) is 4.79 Å². The standard InChI is InChI=1S/C22H27N3O2/c1-3-4-8-19-21(17-7-5-6-9-18(17)27-19)22(26)24(2)15-16-10-12-25-13-11-23-20(25)14-16/h5-7,9,11,13,16H,3-4,8,10,12,14-15H2,1-2H3.